The molecule has 0 saturated carbocycles. The van der Waals surface area contributed by atoms with Crippen LogP contribution in [0, 0.1) is 11.3 Å². The van der Waals surface area contributed by atoms with Gasteiger partial charge in [0.05, 0.1) is 22.7 Å². The summed E-state index contributed by atoms with van der Waals surface area (Å²) in [6.07, 6.45) is 3.67. The third kappa shape index (κ3) is 3.05. The largest absolute Gasteiger partial charge is 0.480 e. The van der Waals surface area contributed by atoms with E-state index in [4.69, 9.17) is 27.9 Å². The van der Waals surface area contributed by atoms with Crippen LogP contribution in [-0.4, -0.2) is 31.1 Å². The lowest BCUT2D eigenvalue weighted by atomic mass is 10.0. The minimum absolute atomic E-state index is 0.266. The first-order valence-electron chi connectivity index (χ1n) is 6.09. The van der Waals surface area contributed by atoms with Gasteiger partial charge < -0.3 is 9.64 Å². The van der Waals surface area contributed by atoms with E-state index in [2.05, 4.69) is 11.1 Å². The van der Waals surface area contributed by atoms with Crippen LogP contribution < -0.4 is 4.74 Å². The Balaban J connectivity index is 2.87. The molecule has 0 N–H and O–H groups in total. The van der Waals surface area contributed by atoms with Crippen LogP contribution in [0.4, 0.5) is 0 Å². The van der Waals surface area contributed by atoms with Crippen LogP contribution >= 0.6 is 23.2 Å². The van der Waals surface area contributed by atoms with E-state index in [9.17, 15) is 5.26 Å². The average molecular weight is 322 g/mol. The lowest BCUT2D eigenvalue weighted by Crippen LogP contribution is -2.01. The summed E-state index contributed by atoms with van der Waals surface area (Å²) >= 11 is 12.1. The molecular weight excluding hydrogens is 309 g/mol. The Morgan fingerprint density at radius 2 is 1.95 bits per heavy atom. The molecule has 0 atom stereocenters. The number of hydrogen-bond acceptors (Lipinski definition) is 4. The molecule has 0 aliphatic carbocycles. The molecule has 0 spiro atoms. The maximum atomic E-state index is 9.40. The number of ether oxygens (including phenoxy) is 1. The zero-order chi connectivity index (χ0) is 15.6. The van der Waals surface area contributed by atoms with Gasteiger partial charge in [0.25, 0.3) is 0 Å². The minimum atomic E-state index is 0.266. The van der Waals surface area contributed by atoms with Crippen molar-refractivity contribution in [3.63, 3.8) is 0 Å². The lowest BCUT2D eigenvalue weighted by molar-refractivity contribution is 0.398. The Bertz CT molecular complexity index is 764. The molecule has 0 amide bonds. The Morgan fingerprint density at radius 1 is 1.29 bits per heavy atom. The molecule has 1 aromatic carbocycles. The third-order valence-corrected chi connectivity index (χ3v) is 3.60. The lowest BCUT2D eigenvalue weighted by Gasteiger charge is -2.11. The highest BCUT2D eigenvalue weighted by Gasteiger charge is 2.15. The second-order valence-corrected chi connectivity index (χ2v) is 5.40. The molecule has 0 aliphatic rings. The summed E-state index contributed by atoms with van der Waals surface area (Å²) in [6, 6.07) is 5.50. The van der Waals surface area contributed by atoms with Crippen molar-refractivity contribution >= 4 is 40.2 Å². The van der Waals surface area contributed by atoms with Crippen molar-refractivity contribution in [2.24, 2.45) is 0 Å². The highest BCUT2D eigenvalue weighted by atomic mass is 35.5. The van der Waals surface area contributed by atoms with Gasteiger partial charge >= 0.3 is 0 Å². The molecule has 1 heterocycles. The number of nitrogens with zero attached hydrogens (tertiary/aromatic N) is 3. The van der Waals surface area contributed by atoms with Crippen molar-refractivity contribution in [1.82, 2.24) is 9.88 Å². The molecule has 2 rings (SSSR count). The van der Waals surface area contributed by atoms with Gasteiger partial charge in [0.1, 0.15) is 11.6 Å². The molecule has 1 aromatic heterocycles. The second kappa shape index (κ2) is 6.21. The summed E-state index contributed by atoms with van der Waals surface area (Å²) in [5, 5.41) is 11.0. The number of benzene rings is 1. The van der Waals surface area contributed by atoms with E-state index in [0.717, 1.165) is 5.39 Å². The van der Waals surface area contributed by atoms with E-state index in [0.29, 0.717) is 26.7 Å². The summed E-state index contributed by atoms with van der Waals surface area (Å²) < 4.78 is 5.20. The molecule has 0 bridgehead atoms. The normalized spacial score (nSPS) is 10.9. The summed E-state index contributed by atoms with van der Waals surface area (Å²) in [5.74, 6) is 0.266. The SMILES string of the molecule is COc1nc2cc(Cl)c(Cl)cc2c(/C=C/N(C)C)c1C#N. The van der Waals surface area contributed by atoms with Gasteiger partial charge in [0.2, 0.25) is 5.88 Å². The number of methoxy groups -OCH3 is 1. The van der Waals surface area contributed by atoms with E-state index < -0.39 is 0 Å². The third-order valence-electron chi connectivity index (χ3n) is 2.88. The summed E-state index contributed by atoms with van der Waals surface area (Å²) in [7, 11) is 5.27. The van der Waals surface area contributed by atoms with Crippen molar-refractivity contribution < 1.29 is 4.74 Å². The van der Waals surface area contributed by atoms with E-state index in [1.165, 1.54) is 7.11 Å². The van der Waals surface area contributed by atoms with Crippen molar-refractivity contribution in [3.05, 3.63) is 39.5 Å². The molecule has 21 heavy (non-hydrogen) atoms. The molecule has 0 aliphatic heterocycles. The van der Waals surface area contributed by atoms with Gasteiger partial charge in [-0.25, -0.2) is 4.98 Å². The number of fused-ring (bicyclic) bond motifs is 1. The smallest absolute Gasteiger partial charge is 0.232 e. The molecule has 108 valence electrons. The van der Waals surface area contributed by atoms with Gasteiger partial charge in [-0.2, -0.15) is 5.26 Å². The molecule has 0 unspecified atom stereocenters. The van der Waals surface area contributed by atoms with Gasteiger partial charge in [-0.15, -0.1) is 0 Å². The van der Waals surface area contributed by atoms with Crippen LogP contribution in [-0.2, 0) is 0 Å². The first-order chi connectivity index (χ1) is 9.97. The zero-order valence-electron chi connectivity index (χ0n) is 11.8. The quantitative estimate of drug-likeness (QED) is 0.858. The predicted molar refractivity (Wildman–Crippen MR) is 85.8 cm³/mol. The van der Waals surface area contributed by atoms with Crippen LogP contribution in [0.15, 0.2) is 18.3 Å². The number of pyridine rings is 1. The standard InChI is InChI=1S/C15H13Cl2N3O/c1-20(2)5-4-9-10-6-12(16)13(17)7-14(10)19-15(21-3)11(9)8-18/h4-7H,1-3H3/b5-4+. The number of aromatic nitrogens is 1. The zero-order valence-corrected chi connectivity index (χ0v) is 13.3. The summed E-state index contributed by atoms with van der Waals surface area (Å²) in [4.78, 5) is 6.19. The van der Waals surface area contributed by atoms with E-state index in [1.54, 1.807) is 12.1 Å². The maximum Gasteiger partial charge on any atom is 0.232 e. The number of hydrogen-bond donors (Lipinski definition) is 0. The van der Waals surface area contributed by atoms with Crippen LogP contribution in [0.1, 0.15) is 11.1 Å². The highest BCUT2D eigenvalue weighted by molar-refractivity contribution is 6.42. The first kappa shape index (κ1) is 15.4. The Morgan fingerprint density at radius 3 is 2.52 bits per heavy atom. The molecule has 0 radical (unpaired) electrons. The van der Waals surface area contributed by atoms with Crippen molar-refractivity contribution in [2.45, 2.75) is 0 Å². The molecular formula is C15H13Cl2N3O. The predicted octanol–water partition coefficient (Wildman–Crippen LogP) is 3.95. The fourth-order valence-corrected chi connectivity index (χ4v) is 2.23. The van der Waals surface area contributed by atoms with Gasteiger partial charge in [-0.05, 0) is 24.4 Å². The highest BCUT2D eigenvalue weighted by Crippen LogP contribution is 2.33. The van der Waals surface area contributed by atoms with Crippen LogP contribution in [0.3, 0.4) is 0 Å². The summed E-state index contributed by atoms with van der Waals surface area (Å²) in [6.45, 7) is 0. The fourth-order valence-electron chi connectivity index (χ4n) is 1.91. The second-order valence-electron chi connectivity index (χ2n) is 4.58. The first-order valence-corrected chi connectivity index (χ1v) is 6.85. The van der Waals surface area contributed by atoms with Crippen molar-refractivity contribution in [2.75, 3.05) is 21.2 Å². The number of nitriles is 1. The van der Waals surface area contributed by atoms with Crippen LogP contribution in [0.5, 0.6) is 5.88 Å². The molecule has 0 fully saturated rings. The Labute approximate surface area is 133 Å². The van der Waals surface area contributed by atoms with Gasteiger partial charge in [0.15, 0.2) is 0 Å². The Kier molecular flexibility index (Phi) is 4.56. The van der Waals surface area contributed by atoms with Crippen molar-refractivity contribution in [3.8, 4) is 11.9 Å². The summed E-state index contributed by atoms with van der Waals surface area (Å²) in [5.41, 5.74) is 1.69. The average Bonchev–Trinajstić information content (AvgIpc) is 2.45. The van der Waals surface area contributed by atoms with Crippen molar-refractivity contribution in [1.29, 1.82) is 5.26 Å². The van der Waals surface area contributed by atoms with Gasteiger partial charge in [0, 0.05) is 25.0 Å². The Hall–Kier alpha value is -1.96. The maximum absolute atomic E-state index is 9.40. The van der Waals surface area contributed by atoms with Gasteiger partial charge in [-0.1, -0.05) is 23.2 Å². The minimum Gasteiger partial charge on any atom is -0.480 e. The fraction of sp³-hybridized carbons (Fsp3) is 0.200. The van der Waals surface area contributed by atoms with Crippen LogP contribution in [0.2, 0.25) is 10.0 Å². The van der Waals surface area contributed by atoms with E-state index in [-0.39, 0.29) is 5.88 Å². The molecule has 6 heteroatoms. The molecule has 0 saturated heterocycles. The van der Waals surface area contributed by atoms with Crippen LogP contribution in [0.25, 0.3) is 17.0 Å². The monoisotopic (exact) mass is 321 g/mol. The van der Waals surface area contributed by atoms with E-state index in [1.807, 2.05) is 31.3 Å². The van der Waals surface area contributed by atoms with Gasteiger partial charge in [-0.3, -0.25) is 0 Å². The molecule has 2 aromatic rings. The topological polar surface area (TPSA) is 49.1 Å². The molecule has 4 nitrogen and oxygen atoms in total. The number of halogens is 2. The number of rotatable bonds is 3. The van der Waals surface area contributed by atoms with E-state index >= 15 is 0 Å².